The summed E-state index contributed by atoms with van der Waals surface area (Å²) in [4.78, 5) is 10.8. The van der Waals surface area contributed by atoms with Gasteiger partial charge in [-0.15, -0.1) is 0 Å². The van der Waals surface area contributed by atoms with Gasteiger partial charge in [0, 0.05) is 19.2 Å². The number of hydrogen-bond acceptors (Lipinski definition) is 4. The monoisotopic (exact) mass is 251 g/mol. The highest BCUT2D eigenvalue weighted by Crippen LogP contribution is 2.27. The first-order valence-electron chi connectivity index (χ1n) is 5.98. The second-order valence-corrected chi connectivity index (χ2v) is 4.37. The van der Waals surface area contributed by atoms with Crippen molar-refractivity contribution >= 4 is 5.97 Å². The minimum absolute atomic E-state index is 0.00113. The number of aliphatic carboxylic acids is 1. The summed E-state index contributed by atoms with van der Waals surface area (Å²) >= 11 is 0. The molecule has 1 fully saturated rings. The van der Waals surface area contributed by atoms with Crippen molar-refractivity contribution < 1.29 is 19.4 Å². The second-order valence-electron chi connectivity index (χ2n) is 4.37. The SMILES string of the molecule is CCOc1cccc(OC2(CC(=O)O)CNC2)c1. The first kappa shape index (κ1) is 12.7. The Morgan fingerprint density at radius 3 is 2.72 bits per heavy atom. The molecule has 1 saturated heterocycles. The number of nitrogens with one attached hydrogen (secondary N) is 1. The van der Waals surface area contributed by atoms with Crippen molar-refractivity contribution in [1.82, 2.24) is 5.32 Å². The molecule has 2 N–H and O–H groups in total. The standard InChI is InChI=1S/C13H17NO4/c1-2-17-10-4-3-5-11(6-10)18-13(7-12(15)16)8-14-9-13/h3-6,14H,2,7-9H2,1H3,(H,15,16). The van der Waals surface area contributed by atoms with Gasteiger partial charge in [-0.25, -0.2) is 0 Å². The topological polar surface area (TPSA) is 67.8 Å². The molecule has 0 aliphatic carbocycles. The van der Waals surface area contributed by atoms with Crippen molar-refractivity contribution in [1.29, 1.82) is 0 Å². The van der Waals surface area contributed by atoms with Gasteiger partial charge < -0.3 is 19.9 Å². The third-order valence-electron chi connectivity index (χ3n) is 2.82. The average molecular weight is 251 g/mol. The van der Waals surface area contributed by atoms with Crippen molar-refractivity contribution in [3.05, 3.63) is 24.3 Å². The molecule has 0 aromatic heterocycles. The molecule has 0 radical (unpaired) electrons. The Morgan fingerprint density at radius 2 is 2.17 bits per heavy atom. The quantitative estimate of drug-likeness (QED) is 0.797. The third kappa shape index (κ3) is 2.92. The first-order chi connectivity index (χ1) is 8.63. The summed E-state index contributed by atoms with van der Waals surface area (Å²) in [5.41, 5.74) is -0.628. The average Bonchev–Trinajstić information content (AvgIpc) is 2.26. The van der Waals surface area contributed by atoms with Crippen LogP contribution in [-0.2, 0) is 4.79 Å². The van der Waals surface area contributed by atoms with Crippen LogP contribution in [0.15, 0.2) is 24.3 Å². The second kappa shape index (κ2) is 5.27. The van der Waals surface area contributed by atoms with E-state index < -0.39 is 11.6 Å². The van der Waals surface area contributed by atoms with E-state index >= 15 is 0 Å². The number of hydrogen-bond donors (Lipinski definition) is 2. The minimum atomic E-state index is -0.850. The molecule has 1 aliphatic rings. The minimum Gasteiger partial charge on any atom is -0.494 e. The Balaban J connectivity index is 2.07. The molecule has 0 spiro atoms. The van der Waals surface area contributed by atoms with Gasteiger partial charge in [-0.2, -0.15) is 0 Å². The first-order valence-corrected chi connectivity index (χ1v) is 5.98. The zero-order valence-corrected chi connectivity index (χ0v) is 10.3. The maximum atomic E-state index is 10.8. The van der Waals surface area contributed by atoms with Gasteiger partial charge in [0.15, 0.2) is 0 Å². The van der Waals surface area contributed by atoms with Crippen LogP contribution in [0.4, 0.5) is 0 Å². The fourth-order valence-corrected chi connectivity index (χ4v) is 1.96. The molecule has 18 heavy (non-hydrogen) atoms. The van der Waals surface area contributed by atoms with Crippen LogP contribution in [0.5, 0.6) is 11.5 Å². The summed E-state index contributed by atoms with van der Waals surface area (Å²) in [5.74, 6) is 0.522. The zero-order valence-electron chi connectivity index (χ0n) is 10.3. The van der Waals surface area contributed by atoms with Crippen molar-refractivity contribution in [3.63, 3.8) is 0 Å². The van der Waals surface area contributed by atoms with Gasteiger partial charge in [-0.3, -0.25) is 4.79 Å². The molecule has 5 nitrogen and oxygen atoms in total. The summed E-state index contributed by atoms with van der Waals surface area (Å²) in [7, 11) is 0. The lowest BCUT2D eigenvalue weighted by Crippen LogP contribution is -2.64. The van der Waals surface area contributed by atoms with Crippen LogP contribution in [0, 0.1) is 0 Å². The van der Waals surface area contributed by atoms with Crippen molar-refractivity contribution in [2.45, 2.75) is 18.9 Å². The summed E-state index contributed by atoms with van der Waals surface area (Å²) in [5, 5.41) is 11.9. The molecule has 0 atom stereocenters. The van der Waals surface area contributed by atoms with Gasteiger partial charge in [-0.05, 0) is 19.1 Å². The molecule has 0 saturated carbocycles. The van der Waals surface area contributed by atoms with E-state index in [4.69, 9.17) is 14.6 Å². The number of benzene rings is 1. The summed E-state index contributed by atoms with van der Waals surface area (Å²) in [6, 6.07) is 7.27. The molecule has 0 unspecified atom stereocenters. The van der Waals surface area contributed by atoms with E-state index in [-0.39, 0.29) is 6.42 Å². The lowest BCUT2D eigenvalue weighted by molar-refractivity contribution is -0.143. The van der Waals surface area contributed by atoms with E-state index in [0.29, 0.717) is 25.4 Å². The molecule has 0 amide bonds. The Bertz CT molecular complexity index is 429. The highest BCUT2D eigenvalue weighted by Gasteiger charge is 2.41. The summed E-state index contributed by atoms with van der Waals surface area (Å²) in [6.45, 7) is 3.61. The lowest BCUT2D eigenvalue weighted by Gasteiger charge is -2.41. The predicted octanol–water partition coefficient (Wildman–Crippen LogP) is 1.28. The molecule has 1 aliphatic heterocycles. The zero-order chi connectivity index (χ0) is 13.0. The molecule has 2 rings (SSSR count). The molecular formula is C13H17NO4. The normalized spacial score (nSPS) is 16.7. The van der Waals surface area contributed by atoms with E-state index in [1.54, 1.807) is 6.07 Å². The van der Waals surface area contributed by atoms with Crippen LogP contribution in [0.2, 0.25) is 0 Å². The van der Waals surface area contributed by atoms with Gasteiger partial charge in [-0.1, -0.05) is 6.07 Å². The van der Waals surface area contributed by atoms with Gasteiger partial charge in [0.05, 0.1) is 13.0 Å². The highest BCUT2D eigenvalue weighted by atomic mass is 16.5. The number of ether oxygens (including phenoxy) is 2. The summed E-state index contributed by atoms with van der Waals surface area (Å²) < 4.78 is 11.2. The van der Waals surface area contributed by atoms with E-state index in [9.17, 15) is 4.79 Å². The Kier molecular flexibility index (Phi) is 3.72. The van der Waals surface area contributed by atoms with Gasteiger partial charge in [0.25, 0.3) is 0 Å². The Labute approximate surface area is 106 Å². The van der Waals surface area contributed by atoms with Crippen molar-refractivity contribution in [2.24, 2.45) is 0 Å². The van der Waals surface area contributed by atoms with Gasteiger partial charge in [0.1, 0.15) is 17.1 Å². The van der Waals surface area contributed by atoms with Gasteiger partial charge >= 0.3 is 5.97 Å². The van der Waals surface area contributed by atoms with Crippen LogP contribution in [-0.4, -0.2) is 36.4 Å². The fraction of sp³-hybridized carbons (Fsp3) is 0.462. The Hall–Kier alpha value is -1.75. The largest absolute Gasteiger partial charge is 0.494 e. The fourth-order valence-electron chi connectivity index (χ4n) is 1.96. The molecular weight excluding hydrogens is 234 g/mol. The van der Waals surface area contributed by atoms with Crippen LogP contribution in [0.1, 0.15) is 13.3 Å². The maximum absolute atomic E-state index is 10.8. The Morgan fingerprint density at radius 1 is 1.44 bits per heavy atom. The van der Waals surface area contributed by atoms with Crippen molar-refractivity contribution in [3.8, 4) is 11.5 Å². The van der Waals surface area contributed by atoms with E-state index in [1.165, 1.54) is 0 Å². The molecule has 0 bridgehead atoms. The van der Waals surface area contributed by atoms with Crippen LogP contribution in [0.3, 0.4) is 0 Å². The molecule has 98 valence electrons. The molecule has 1 aromatic rings. The number of carbonyl (C=O) groups is 1. The van der Waals surface area contributed by atoms with Crippen molar-refractivity contribution in [2.75, 3.05) is 19.7 Å². The van der Waals surface area contributed by atoms with E-state index in [2.05, 4.69) is 5.32 Å². The molecule has 1 aromatic carbocycles. The molecule has 5 heteroatoms. The predicted molar refractivity (Wildman–Crippen MR) is 66.1 cm³/mol. The van der Waals surface area contributed by atoms with Crippen LogP contribution >= 0.6 is 0 Å². The lowest BCUT2D eigenvalue weighted by atomic mass is 9.92. The smallest absolute Gasteiger partial charge is 0.307 e. The number of rotatable bonds is 6. The van der Waals surface area contributed by atoms with E-state index in [1.807, 2.05) is 25.1 Å². The highest BCUT2D eigenvalue weighted by molar-refractivity contribution is 5.68. The third-order valence-corrected chi connectivity index (χ3v) is 2.82. The van der Waals surface area contributed by atoms with E-state index in [0.717, 1.165) is 5.75 Å². The van der Waals surface area contributed by atoms with Gasteiger partial charge in [0.2, 0.25) is 0 Å². The van der Waals surface area contributed by atoms with Crippen LogP contribution < -0.4 is 14.8 Å². The number of carboxylic acids is 1. The van der Waals surface area contributed by atoms with Crippen LogP contribution in [0.25, 0.3) is 0 Å². The summed E-state index contributed by atoms with van der Waals surface area (Å²) in [6.07, 6.45) is -0.00113. The maximum Gasteiger partial charge on any atom is 0.307 e. The molecule has 1 heterocycles. The number of carboxylic acid groups (broad SMARTS) is 1.